The highest BCUT2D eigenvalue weighted by Crippen LogP contribution is 2.53. The van der Waals surface area contributed by atoms with Gasteiger partial charge in [-0.05, 0) is 13.0 Å². The zero-order chi connectivity index (χ0) is 32.7. The average Bonchev–Trinajstić information content (AvgIpc) is 3.43. The maximum absolute atomic E-state index is 13.9. The summed E-state index contributed by atoms with van der Waals surface area (Å²) in [5, 5.41) is 44.5. The van der Waals surface area contributed by atoms with Gasteiger partial charge in [-0.2, -0.15) is 0 Å². The van der Waals surface area contributed by atoms with Crippen LogP contribution in [-0.2, 0) is 34.9 Å². The summed E-state index contributed by atoms with van der Waals surface area (Å²) >= 11 is 0. The van der Waals surface area contributed by atoms with Crippen molar-refractivity contribution in [3.63, 3.8) is 0 Å². The molecule has 4 N–H and O–H groups in total. The van der Waals surface area contributed by atoms with E-state index in [1.54, 1.807) is 0 Å². The van der Waals surface area contributed by atoms with Crippen molar-refractivity contribution in [1.29, 1.82) is 0 Å². The van der Waals surface area contributed by atoms with Crippen LogP contribution in [0.25, 0.3) is 0 Å². The average molecular weight is 642 g/mol. The number of benzene rings is 2. The summed E-state index contributed by atoms with van der Waals surface area (Å²) in [6, 6.07) is 4.26. The van der Waals surface area contributed by atoms with Crippen molar-refractivity contribution >= 4 is 17.3 Å². The number of aromatic hydroxyl groups is 2. The highest BCUT2D eigenvalue weighted by Gasteiger charge is 2.55. The first-order valence-corrected chi connectivity index (χ1v) is 15.1. The fraction of sp³-hybridized carbons (Fsp3) is 0.531. The Bertz CT molecular complexity index is 1630. The van der Waals surface area contributed by atoms with E-state index in [0.717, 1.165) is 0 Å². The third-order valence-corrected chi connectivity index (χ3v) is 9.84. The number of rotatable bonds is 6. The van der Waals surface area contributed by atoms with Gasteiger partial charge in [-0.3, -0.25) is 19.3 Å². The molecule has 0 radical (unpaired) electrons. The first-order valence-electron chi connectivity index (χ1n) is 15.1. The van der Waals surface area contributed by atoms with Gasteiger partial charge in [0.05, 0.1) is 42.6 Å². The number of ether oxygens (including phenoxy) is 6. The summed E-state index contributed by atoms with van der Waals surface area (Å²) in [4.78, 5) is 42.6. The zero-order valence-electron chi connectivity index (χ0n) is 25.4. The lowest BCUT2D eigenvalue weighted by atomic mass is 9.72. The molecule has 46 heavy (non-hydrogen) atoms. The molecule has 14 nitrogen and oxygen atoms in total. The van der Waals surface area contributed by atoms with E-state index in [2.05, 4.69) is 4.90 Å². The lowest BCUT2D eigenvalue weighted by molar-refractivity contribution is -0.256. The van der Waals surface area contributed by atoms with E-state index in [4.69, 9.17) is 28.4 Å². The van der Waals surface area contributed by atoms with Gasteiger partial charge >= 0.3 is 0 Å². The van der Waals surface area contributed by atoms with Crippen LogP contribution in [0, 0.1) is 0 Å². The molecule has 14 heteroatoms. The van der Waals surface area contributed by atoms with Crippen molar-refractivity contribution in [1.82, 2.24) is 4.90 Å². The van der Waals surface area contributed by atoms with Gasteiger partial charge in [-0.1, -0.05) is 12.1 Å². The normalized spacial score (nSPS) is 33.5. The van der Waals surface area contributed by atoms with Gasteiger partial charge in [-0.15, -0.1) is 0 Å². The minimum Gasteiger partial charge on any atom is -0.507 e. The number of methoxy groups -OCH3 is 2. The largest absolute Gasteiger partial charge is 0.507 e. The SMILES string of the molecule is COc1cccc2c1C(=O)c1c(O)c3c(c(O)c1C2=O)C[C@@](O)(C(=O)CO)C[C@@H]3OC1C[C@H]2[C@H](O[C@@H]3[C@@H](OC)OCCN32)[C@H](C)O1. The Balaban J connectivity index is 1.30. The maximum atomic E-state index is 13.9. The molecular formula is C32H35NO13. The Hall–Kier alpha value is -3.47. The molecule has 1 unspecified atom stereocenters. The van der Waals surface area contributed by atoms with E-state index >= 15 is 0 Å². The van der Waals surface area contributed by atoms with Gasteiger partial charge in [0.15, 0.2) is 30.4 Å². The molecular weight excluding hydrogens is 606 g/mol. The summed E-state index contributed by atoms with van der Waals surface area (Å²) < 4.78 is 35.3. The number of morpholine rings is 1. The van der Waals surface area contributed by atoms with E-state index in [1.807, 2.05) is 6.92 Å². The number of fused-ring (bicyclic) bond motifs is 6. The predicted molar refractivity (Wildman–Crippen MR) is 154 cm³/mol. The number of phenols is 2. The summed E-state index contributed by atoms with van der Waals surface area (Å²) in [7, 11) is 2.88. The molecule has 5 aliphatic rings. The number of aliphatic hydroxyl groups excluding tert-OH is 1. The second kappa shape index (κ2) is 11.3. The summed E-state index contributed by atoms with van der Waals surface area (Å²) in [6.45, 7) is 1.82. The van der Waals surface area contributed by atoms with Gasteiger partial charge in [0.25, 0.3) is 0 Å². The van der Waals surface area contributed by atoms with E-state index < -0.39 is 96.0 Å². The number of phenolic OH excluding ortho intramolecular Hbond substituents is 2. The minimum absolute atomic E-state index is 0.0353. The Morgan fingerprint density at radius 3 is 2.57 bits per heavy atom. The molecule has 8 atom stereocenters. The molecule has 3 fully saturated rings. The number of nitrogens with zero attached hydrogens (tertiary/aromatic N) is 1. The second-order valence-corrected chi connectivity index (χ2v) is 12.3. The quantitative estimate of drug-likeness (QED) is 0.275. The van der Waals surface area contributed by atoms with Crippen molar-refractivity contribution in [2.24, 2.45) is 0 Å². The lowest BCUT2D eigenvalue weighted by Crippen LogP contribution is -2.55. The minimum atomic E-state index is -2.23. The van der Waals surface area contributed by atoms with Crippen LogP contribution >= 0.6 is 0 Å². The van der Waals surface area contributed by atoms with Crippen LogP contribution in [0.2, 0.25) is 0 Å². The molecule has 0 amide bonds. The van der Waals surface area contributed by atoms with Gasteiger partial charge in [0, 0.05) is 55.6 Å². The monoisotopic (exact) mass is 641 g/mol. The van der Waals surface area contributed by atoms with Crippen molar-refractivity contribution in [2.75, 3.05) is 34.0 Å². The second-order valence-electron chi connectivity index (χ2n) is 12.3. The first-order chi connectivity index (χ1) is 22.0. The Morgan fingerprint density at radius 1 is 1.09 bits per heavy atom. The molecule has 7 rings (SSSR count). The molecule has 0 spiro atoms. The number of carbonyl (C=O) groups is 3. The zero-order valence-corrected chi connectivity index (χ0v) is 25.4. The molecule has 246 valence electrons. The van der Waals surface area contributed by atoms with E-state index in [0.29, 0.717) is 19.6 Å². The molecule has 0 aromatic heterocycles. The van der Waals surface area contributed by atoms with Crippen LogP contribution in [0.5, 0.6) is 17.2 Å². The predicted octanol–water partition coefficient (Wildman–Crippen LogP) is 0.711. The fourth-order valence-corrected chi connectivity index (χ4v) is 7.69. The maximum Gasteiger partial charge on any atom is 0.202 e. The summed E-state index contributed by atoms with van der Waals surface area (Å²) in [5.41, 5.74) is -3.43. The Morgan fingerprint density at radius 2 is 1.85 bits per heavy atom. The molecule has 2 aromatic carbocycles. The number of hydrogen-bond acceptors (Lipinski definition) is 14. The highest BCUT2D eigenvalue weighted by molar-refractivity contribution is 6.31. The number of Topliss-reactive ketones (excluding diaryl/α,β-unsaturated/α-hetero) is 1. The summed E-state index contributed by atoms with van der Waals surface area (Å²) in [6.07, 6.45) is -4.79. The Labute approximate surface area is 263 Å². The third kappa shape index (κ3) is 4.51. The lowest BCUT2D eigenvalue weighted by Gasteiger charge is -2.43. The molecule has 3 aliphatic heterocycles. The van der Waals surface area contributed by atoms with Crippen molar-refractivity contribution in [3.8, 4) is 17.2 Å². The van der Waals surface area contributed by atoms with Crippen LogP contribution in [0.3, 0.4) is 0 Å². The van der Waals surface area contributed by atoms with Crippen molar-refractivity contribution < 1.29 is 63.2 Å². The van der Waals surface area contributed by atoms with Gasteiger partial charge in [0.2, 0.25) is 5.78 Å². The van der Waals surface area contributed by atoms with Crippen molar-refractivity contribution in [3.05, 3.63) is 51.6 Å². The van der Waals surface area contributed by atoms with E-state index in [1.165, 1.54) is 32.4 Å². The van der Waals surface area contributed by atoms with Crippen LogP contribution in [0.15, 0.2) is 18.2 Å². The molecule has 2 aromatic rings. The van der Waals surface area contributed by atoms with Crippen LogP contribution in [-0.4, -0.2) is 119 Å². The topological polar surface area (TPSA) is 191 Å². The van der Waals surface area contributed by atoms with Gasteiger partial charge < -0.3 is 48.8 Å². The van der Waals surface area contributed by atoms with E-state index in [-0.39, 0.29) is 40.1 Å². The number of carbonyl (C=O) groups excluding carboxylic acids is 3. The standard InChI is InChI=1S/C32H35NO13/c1-13-29-16(33-7-8-43-31(42-3)30(33)46-29)9-20(44-13)45-18-11-32(40,19(35)12-34)10-15-22(18)28(39)24-23(26(15)37)25(36)14-5-4-6-17(41-2)21(14)27(24)38/h4-6,13,16,18,20,29-31,34,37,39-40H,7-12H2,1-3H3/t13-,16-,18-,20?,29+,30+,31-,32-/m0/s1. The number of aliphatic hydroxyl groups is 2. The Kier molecular flexibility index (Phi) is 7.68. The van der Waals surface area contributed by atoms with Crippen LogP contribution in [0.4, 0.5) is 0 Å². The van der Waals surface area contributed by atoms with Crippen molar-refractivity contribution in [2.45, 2.75) is 74.9 Å². The first kappa shape index (κ1) is 31.1. The van der Waals surface area contributed by atoms with E-state index in [9.17, 15) is 34.8 Å². The van der Waals surface area contributed by atoms with Crippen LogP contribution in [0.1, 0.15) is 68.8 Å². The molecule has 0 bridgehead atoms. The molecule has 0 saturated carbocycles. The summed E-state index contributed by atoms with van der Waals surface area (Å²) in [5.74, 6) is -3.61. The smallest absolute Gasteiger partial charge is 0.202 e. The molecule has 3 saturated heterocycles. The third-order valence-electron chi connectivity index (χ3n) is 9.84. The highest BCUT2D eigenvalue weighted by atomic mass is 16.7. The van der Waals surface area contributed by atoms with Crippen LogP contribution < -0.4 is 4.74 Å². The molecule has 3 heterocycles. The van der Waals surface area contributed by atoms with Gasteiger partial charge in [0.1, 0.15) is 35.6 Å². The number of ketones is 3. The fourth-order valence-electron chi connectivity index (χ4n) is 7.69. The van der Waals surface area contributed by atoms with Gasteiger partial charge in [-0.25, -0.2) is 0 Å². The molecule has 2 aliphatic carbocycles. The number of hydrogen-bond donors (Lipinski definition) is 4.